The Bertz CT molecular complexity index is 484. The molecule has 0 aliphatic heterocycles. The molecule has 0 radical (unpaired) electrons. The SMILES string of the molecule is C=CCN(CC=C)C(=O)C(=O)Nc1ccc(OC)cc1. The maximum atomic E-state index is 11.9. The molecule has 1 rings (SSSR count). The summed E-state index contributed by atoms with van der Waals surface area (Å²) in [7, 11) is 1.56. The predicted molar refractivity (Wildman–Crippen MR) is 78.6 cm³/mol. The highest BCUT2D eigenvalue weighted by Gasteiger charge is 2.19. The van der Waals surface area contributed by atoms with Crippen LogP contribution in [0.5, 0.6) is 5.75 Å². The molecule has 5 nitrogen and oxygen atoms in total. The lowest BCUT2D eigenvalue weighted by atomic mass is 10.3. The summed E-state index contributed by atoms with van der Waals surface area (Å²) >= 11 is 0. The molecule has 5 heteroatoms. The van der Waals surface area contributed by atoms with Gasteiger partial charge in [-0.05, 0) is 24.3 Å². The van der Waals surface area contributed by atoms with Crippen molar-refractivity contribution >= 4 is 17.5 Å². The molecule has 0 unspecified atom stereocenters. The van der Waals surface area contributed by atoms with Crippen LogP contribution in [0.2, 0.25) is 0 Å². The molecule has 0 saturated carbocycles. The van der Waals surface area contributed by atoms with Crippen LogP contribution in [0.25, 0.3) is 0 Å². The molecule has 0 spiro atoms. The molecule has 20 heavy (non-hydrogen) atoms. The van der Waals surface area contributed by atoms with Crippen molar-refractivity contribution in [2.75, 3.05) is 25.5 Å². The van der Waals surface area contributed by atoms with Gasteiger partial charge in [-0.15, -0.1) is 13.2 Å². The highest BCUT2D eigenvalue weighted by atomic mass is 16.5. The number of hydrogen-bond donors (Lipinski definition) is 1. The summed E-state index contributed by atoms with van der Waals surface area (Å²) in [6.45, 7) is 7.69. The van der Waals surface area contributed by atoms with Crippen LogP contribution in [-0.4, -0.2) is 36.9 Å². The summed E-state index contributed by atoms with van der Waals surface area (Å²) < 4.78 is 5.01. The zero-order valence-electron chi connectivity index (χ0n) is 11.5. The van der Waals surface area contributed by atoms with E-state index in [9.17, 15) is 9.59 Å². The highest BCUT2D eigenvalue weighted by Crippen LogP contribution is 2.15. The second-order valence-corrected chi connectivity index (χ2v) is 3.97. The molecule has 0 aliphatic carbocycles. The third-order valence-electron chi connectivity index (χ3n) is 2.53. The van der Waals surface area contributed by atoms with Crippen molar-refractivity contribution in [1.29, 1.82) is 0 Å². The van der Waals surface area contributed by atoms with Crippen LogP contribution in [0.15, 0.2) is 49.6 Å². The van der Waals surface area contributed by atoms with Crippen LogP contribution in [0.3, 0.4) is 0 Å². The molecule has 0 fully saturated rings. The van der Waals surface area contributed by atoms with Crippen molar-refractivity contribution in [2.45, 2.75) is 0 Å². The van der Waals surface area contributed by atoms with Crippen LogP contribution >= 0.6 is 0 Å². The van der Waals surface area contributed by atoms with E-state index in [0.717, 1.165) is 0 Å². The number of ether oxygens (including phenoxy) is 1. The summed E-state index contributed by atoms with van der Waals surface area (Å²) in [6, 6.07) is 6.72. The second-order valence-electron chi connectivity index (χ2n) is 3.97. The van der Waals surface area contributed by atoms with Gasteiger partial charge in [0.1, 0.15) is 5.75 Å². The lowest BCUT2D eigenvalue weighted by Gasteiger charge is -2.18. The molecular weight excluding hydrogens is 256 g/mol. The number of nitrogens with zero attached hydrogens (tertiary/aromatic N) is 1. The van der Waals surface area contributed by atoms with Gasteiger partial charge in [0, 0.05) is 18.8 Å². The largest absolute Gasteiger partial charge is 0.497 e. The molecule has 0 saturated heterocycles. The minimum Gasteiger partial charge on any atom is -0.497 e. The Balaban J connectivity index is 2.70. The first-order chi connectivity index (χ1) is 9.62. The summed E-state index contributed by atoms with van der Waals surface area (Å²) in [5, 5.41) is 2.54. The van der Waals surface area contributed by atoms with Gasteiger partial charge in [-0.1, -0.05) is 12.2 Å². The van der Waals surface area contributed by atoms with Gasteiger partial charge < -0.3 is 15.0 Å². The van der Waals surface area contributed by atoms with E-state index in [1.54, 1.807) is 43.5 Å². The van der Waals surface area contributed by atoms with Crippen LogP contribution in [0.4, 0.5) is 5.69 Å². The first kappa shape index (κ1) is 15.5. The number of rotatable bonds is 6. The summed E-state index contributed by atoms with van der Waals surface area (Å²) in [5.74, 6) is -0.645. The minimum absolute atomic E-state index is 0.293. The van der Waals surface area contributed by atoms with Crippen LogP contribution in [0, 0.1) is 0 Å². The van der Waals surface area contributed by atoms with Gasteiger partial charge in [-0.2, -0.15) is 0 Å². The number of benzene rings is 1. The molecule has 1 aromatic rings. The zero-order chi connectivity index (χ0) is 15.0. The fourth-order valence-electron chi connectivity index (χ4n) is 1.55. The van der Waals surface area contributed by atoms with Crippen molar-refractivity contribution in [3.63, 3.8) is 0 Å². The van der Waals surface area contributed by atoms with Crippen molar-refractivity contribution in [1.82, 2.24) is 4.90 Å². The third kappa shape index (κ3) is 4.28. The average Bonchev–Trinajstić information content (AvgIpc) is 2.47. The van der Waals surface area contributed by atoms with Crippen LogP contribution in [-0.2, 0) is 9.59 Å². The van der Waals surface area contributed by atoms with Gasteiger partial charge in [-0.3, -0.25) is 9.59 Å². The van der Waals surface area contributed by atoms with E-state index in [2.05, 4.69) is 18.5 Å². The normalized spacial score (nSPS) is 9.45. The quantitative estimate of drug-likeness (QED) is 0.636. The topological polar surface area (TPSA) is 58.6 Å². The van der Waals surface area contributed by atoms with E-state index < -0.39 is 11.8 Å². The van der Waals surface area contributed by atoms with Gasteiger partial charge in [-0.25, -0.2) is 0 Å². The second kappa shape index (κ2) is 7.78. The van der Waals surface area contributed by atoms with E-state index in [1.807, 2.05) is 0 Å². The van der Waals surface area contributed by atoms with E-state index in [-0.39, 0.29) is 0 Å². The zero-order valence-corrected chi connectivity index (χ0v) is 11.5. The number of methoxy groups -OCH3 is 1. The van der Waals surface area contributed by atoms with Crippen molar-refractivity contribution in [3.8, 4) is 5.75 Å². The smallest absolute Gasteiger partial charge is 0.313 e. The monoisotopic (exact) mass is 274 g/mol. The van der Waals surface area contributed by atoms with Crippen LogP contribution in [0.1, 0.15) is 0 Å². The predicted octanol–water partition coefficient (Wildman–Crippen LogP) is 1.83. The maximum absolute atomic E-state index is 11.9. The molecule has 106 valence electrons. The minimum atomic E-state index is -0.695. The number of carbonyl (C=O) groups excluding carboxylic acids is 2. The Kier molecular flexibility index (Phi) is 6.03. The van der Waals surface area contributed by atoms with E-state index in [0.29, 0.717) is 24.5 Å². The summed E-state index contributed by atoms with van der Waals surface area (Å²) in [5.41, 5.74) is 0.529. The van der Waals surface area contributed by atoms with Crippen molar-refractivity contribution in [3.05, 3.63) is 49.6 Å². The standard InChI is InChI=1S/C15H18N2O3/c1-4-10-17(11-5-2)15(19)14(18)16-12-6-8-13(20-3)9-7-12/h4-9H,1-2,10-11H2,3H3,(H,16,18). The molecular formula is C15H18N2O3. The van der Waals surface area contributed by atoms with E-state index >= 15 is 0 Å². The average molecular weight is 274 g/mol. The fourth-order valence-corrected chi connectivity index (χ4v) is 1.55. The van der Waals surface area contributed by atoms with Gasteiger partial charge in [0.05, 0.1) is 7.11 Å². The third-order valence-corrected chi connectivity index (χ3v) is 2.53. The van der Waals surface area contributed by atoms with Crippen LogP contribution < -0.4 is 10.1 Å². The number of amides is 2. The Morgan fingerprint density at radius 1 is 1.20 bits per heavy atom. The van der Waals surface area contributed by atoms with E-state index in [1.165, 1.54) is 4.90 Å². The molecule has 0 heterocycles. The van der Waals surface area contributed by atoms with Gasteiger partial charge in [0.15, 0.2) is 0 Å². The van der Waals surface area contributed by atoms with Gasteiger partial charge in [0.25, 0.3) is 0 Å². The molecule has 0 aromatic heterocycles. The lowest BCUT2D eigenvalue weighted by Crippen LogP contribution is -2.39. The number of carbonyl (C=O) groups is 2. The Morgan fingerprint density at radius 3 is 2.20 bits per heavy atom. The lowest BCUT2D eigenvalue weighted by molar-refractivity contribution is -0.142. The molecule has 0 atom stereocenters. The Hall–Kier alpha value is -2.56. The molecule has 2 amide bonds. The summed E-state index contributed by atoms with van der Waals surface area (Å²) in [6.07, 6.45) is 3.12. The fraction of sp³-hybridized carbons (Fsp3) is 0.200. The van der Waals surface area contributed by atoms with Crippen molar-refractivity contribution < 1.29 is 14.3 Å². The van der Waals surface area contributed by atoms with E-state index in [4.69, 9.17) is 4.74 Å². The highest BCUT2D eigenvalue weighted by molar-refractivity contribution is 6.39. The molecule has 1 N–H and O–H groups in total. The van der Waals surface area contributed by atoms with Gasteiger partial charge in [0.2, 0.25) is 0 Å². The van der Waals surface area contributed by atoms with Gasteiger partial charge >= 0.3 is 11.8 Å². The number of nitrogens with one attached hydrogen (secondary N) is 1. The number of anilines is 1. The Morgan fingerprint density at radius 2 is 1.75 bits per heavy atom. The van der Waals surface area contributed by atoms with Crippen molar-refractivity contribution in [2.24, 2.45) is 0 Å². The molecule has 1 aromatic carbocycles. The number of hydrogen-bond acceptors (Lipinski definition) is 3. The molecule has 0 aliphatic rings. The summed E-state index contributed by atoms with van der Waals surface area (Å²) in [4.78, 5) is 25.1. The first-order valence-corrected chi connectivity index (χ1v) is 6.08. The maximum Gasteiger partial charge on any atom is 0.313 e. The molecule has 0 bridgehead atoms. The Labute approximate surface area is 118 Å². The first-order valence-electron chi connectivity index (χ1n) is 6.08.